The second-order valence-electron chi connectivity index (χ2n) is 7.26. The normalized spacial score (nSPS) is 11.4. The Balaban J connectivity index is 1.65. The van der Waals surface area contributed by atoms with Gasteiger partial charge in [0.15, 0.2) is 0 Å². The van der Waals surface area contributed by atoms with Gasteiger partial charge in [-0.25, -0.2) is 0 Å². The van der Waals surface area contributed by atoms with Gasteiger partial charge in [-0.05, 0) is 61.7 Å². The quantitative estimate of drug-likeness (QED) is 0.374. The second-order valence-corrected chi connectivity index (χ2v) is 7.26. The van der Waals surface area contributed by atoms with Crippen molar-refractivity contribution in [3.05, 3.63) is 93.2 Å². The van der Waals surface area contributed by atoms with Crippen LogP contribution in [0.15, 0.2) is 69.9 Å². The van der Waals surface area contributed by atoms with E-state index < -0.39 is 0 Å². The molecule has 0 unspecified atom stereocenters. The lowest BCUT2D eigenvalue weighted by Crippen LogP contribution is -2.08. The van der Waals surface area contributed by atoms with Crippen molar-refractivity contribution < 1.29 is 9.21 Å². The average Bonchev–Trinajstić information content (AvgIpc) is 2.71. The molecule has 0 fully saturated rings. The summed E-state index contributed by atoms with van der Waals surface area (Å²) in [4.78, 5) is 25.1. The van der Waals surface area contributed by atoms with Gasteiger partial charge in [0.25, 0.3) is 0 Å². The Bertz CT molecular complexity index is 1330. The summed E-state index contributed by atoms with van der Waals surface area (Å²) < 4.78 is 6.03. The fourth-order valence-electron chi connectivity index (χ4n) is 3.26. The second kappa shape index (κ2) is 7.40. The highest BCUT2D eigenvalue weighted by atomic mass is 16.3. The van der Waals surface area contributed by atoms with Crippen molar-refractivity contribution >= 4 is 39.6 Å². The summed E-state index contributed by atoms with van der Waals surface area (Å²) in [7, 11) is 0. The van der Waals surface area contributed by atoms with Crippen molar-refractivity contribution in [2.24, 2.45) is 0 Å². The summed E-state index contributed by atoms with van der Waals surface area (Å²) in [5, 5.41) is 3.88. The van der Waals surface area contributed by atoms with Gasteiger partial charge in [0, 0.05) is 17.8 Å². The first kappa shape index (κ1) is 18.7. The number of benzene rings is 3. The molecule has 0 atom stereocenters. The fraction of sp³-hybridized carbons (Fsp3) is 0.120. The minimum Gasteiger partial charge on any atom is -0.455 e. The minimum atomic E-state index is -0.250. The Labute approximate surface area is 168 Å². The number of hydrogen-bond donors (Lipinski definition) is 1. The van der Waals surface area contributed by atoms with Gasteiger partial charge in [-0.3, -0.25) is 9.59 Å². The Morgan fingerprint density at radius 2 is 1.66 bits per heavy atom. The molecule has 144 valence electrons. The molecule has 0 radical (unpaired) electrons. The third kappa shape index (κ3) is 3.69. The number of fused-ring (bicyclic) bond motifs is 2. The number of amides is 1. The molecule has 0 spiro atoms. The van der Waals surface area contributed by atoms with Crippen LogP contribution in [0.2, 0.25) is 0 Å². The maximum atomic E-state index is 12.8. The van der Waals surface area contributed by atoms with Gasteiger partial charge in [-0.1, -0.05) is 35.9 Å². The minimum absolute atomic E-state index is 0.0681. The molecular weight excluding hydrogens is 362 g/mol. The van der Waals surface area contributed by atoms with Gasteiger partial charge in [0.2, 0.25) is 11.3 Å². The van der Waals surface area contributed by atoms with Crippen LogP contribution in [0.1, 0.15) is 22.3 Å². The lowest BCUT2D eigenvalue weighted by molar-refractivity contribution is -0.111. The molecule has 4 rings (SSSR count). The highest BCUT2D eigenvalue weighted by Crippen LogP contribution is 2.25. The molecule has 0 bridgehead atoms. The zero-order valence-electron chi connectivity index (χ0n) is 16.6. The number of aryl methyl sites for hydroxylation is 3. The molecule has 0 saturated carbocycles. The molecule has 3 aromatic carbocycles. The molecule has 1 heterocycles. The first-order chi connectivity index (χ1) is 13.9. The van der Waals surface area contributed by atoms with Crippen LogP contribution in [0, 0.1) is 20.8 Å². The van der Waals surface area contributed by atoms with Gasteiger partial charge < -0.3 is 9.73 Å². The van der Waals surface area contributed by atoms with Crippen LogP contribution in [0.5, 0.6) is 0 Å². The average molecular weight is 383 g/mol. The zero-order valence-corrected chi connectivity index (χ0v) is 16.6. The molecule has 1 aromatic heterocycles. The number of anilines is 1. The lowest BCUT2D eigenvalue weighted by Gasteiger charge is -2.08. The smallest absolute Gasteiger partial charge is 0.248 e. The van der Waals surface area contributed by atoms with E-state index in [0.717, 1.165) is 16.7 Å². The van der Waals surface area contributed by atoms with Crippen molar-refractivity contribution in [3.8, 4) is 0 Å². The molecule has 4 heteroatoms. The summed E-state index contributed by atoms with van der Waals surface area (Å²) in [6, 6.07) is 16.7. The standard InChI is InChI=1S/C25H21NO3/c1-15-4-7-18(8-5-15)9-13-23(27)26-19-10-12-20-22(14-19)29-25-17(3)16(2)6-11-21(25)24(20)28/h4-14H,1-3H3,(H,26,27)/b13-9+. The predicted molar refractivity (Wildman–Crippen MR) is 118 cm³/mol. The number of carbonyl (C=O) groups is 1. The molecule has 29 heavy (non-hydrogen) atoms. The Hall–Kier alpha value is -3.66. The van der Waals surface area contributed by atoms with Crippen LogP contribution < -0.4 is 10.7 Å². The van der Waals surface area contributed by atoms with Crippen molar-refractivity contribution in [3.63, 3.8) is 0 Å². The highest BCUT2D eigenvalue weighted by Gasteiger charge is 2.11. The van der Waals surface area contributed by atoms with Crippen molar-refractivity contribution in [2.45, 2.75) is 20.8 Å². The SMILES string of the molecule is Cc1ccc(/C=C/C(=O)Nc2ccc3c(=O)c4ccc(C)c(C)c4oc3c2)cc1. The van der Waals surface area contributed by atoms with Crippen molar-refractivity contribution in [2.75, 3.05) is 5.32 Å². The Kier molecular flexibility index (Phi) is 4.77. The van der Waals surface area contributed by atoms with Gasteiger partial charge in [0.1, 0.15) is 11.2 Å². The van der Waals surface area contributed by atoms with Gasteiger partial charge in [0.05, 0.1) is 10.8 Å². The van der Waals surface area contributed by atoms with Crippen molar-refractivity contribution in [1.82, 2.24) is 0 Å². The maximum Gasteiger partial charge on any atom is 0.248 e. The number of hydrogen-bond acceptors (Lipinski definition) is 3. The van der Waals surface area contributed by atoms with E-state index in [2.05, 4.69) is 5.32 Å². The van der Waals surface area contributed by atoms with E-state index in [9.17, 15) is 9.59 Å². The highest BCUT2D eigenvalue weighted by molar-refractivity contribution is 6.03. The largest absolute Gasteiger partial charge is 0.455 e. The molecule has 4 aromatic rings. The van der Waals surface area contributed by atoms with E-state index in [1.54, 1.807) is 30.3 Å². The van der Waals surface area contributed by atoms with E-state index in [0.29, 0.717) is 27.6 Å². The van der Waals surface area contributed by atoms with Gasteiger partial charge in [-0.2, -0.15) is 0 Å². The number of rotatable bonds is 3. The molecule has 1 N–H and O–H groups in total. The molecule has 0 saturated heterocycles. The molecule has 0 aliphatic carbocycles. The van der Waals surface area contributed by atoms with Crippen molar-refractivity contribution in [1.29, 1.82) is 0 Å². The van der Waals surface area contributed by atoms with E-state index in [-0.39, 0.29) is 11.3 Å². The predicted octanol–water partition coefficient (Wildman–Crippen LogP) is 5.52. The van der Waals surface area contributed by atoms with Crippen LogP contribution >= 0.6 is 0 Å². The van der Waals surface area contributed by atoms with E-state index in [1.165, 1.54) is 11.6 Å². The monoisotopic (exact) mass is 383 g/mol. The van der Waals surface area contributed by atoms with Gasteiger partial charge >= 0.3 is 0 Å². The summed E-state index contributed by atoms with van der Waals surface area (Å²) in [6.45, 7) is 5.94. The lowest BCUT2D eigenvalue weighted by atomic mass is 10.0. The van der Waals surface area contributed by atoms with Crippen LogP contribution in [-0.4, -0.2) is 5.91 Å². The van der Waals surface area contributed by atoms with Crippen LogP contribution in [0.3, 0.4) is 0 Å². The molecular formula is C25H21NO3. The molecule has 4 nitrogen and oxygen atoms in total. The summed E-state index contributed by atoms with van der Waals surface area (Å²) in [5.74, 6) is -0.250. The maximum absolute atomic E-state index is 12.8. The third-order valence-corrected chi connectivity index (χ3v) is 5.13. The first-order valence-electron chi connectivity index (χ1n) is 9.45. The van der Waals surface area contributed by atoms with Crippen LogP contribution in [-0.2, 0) is 4.79 Å². The summed E-state index contributed by atoms with van der Waals surface area (Å²) in [5.41, 5.74) is 5.67. The summed E-state index contributed by atoms with van der Waals surface area (Å²) in [6.07, 6.45) is 3.24. The van der Waals surface area contributed by atoms with Gasteiger partial charge in [-0.15, -0.1) is 0 Å². The van der Waals surface area contributed by atoms with Crippen LogP contribution in [0.4, 0.5) is 5.69 Å². The zero-order chi connectivity index (χ0) is 20.5. The molecule has 0 aliphatic heterocycles. The number of nitrogens with one attached hydrogen (secondary N) is 1. The van der Waals surface area contributed by atoms with E-state index >= 15 is 0 Å². The van der Waals surface area contributed by atoms with Crippen LogP contribution in [0.25, 0.3) is 28.0 Å². The summed E-state index contributed by atoms with van der Waals surface area (Å²) >= 11 is 0. The Morgan fingerprint density at radius 1 is 0.931 bits per heavy atom. The Morgan fingerprint density at radius 3 is 2.41 bits per heavy atom. The first-order valence-corrected chi connectivity index (χ1v) is 9.45. The third-order valence-electron chi connectivity index (χ3n) is 5.13. The molecule has 0 aliphatic rings. The van der Waals surface area contributed by atoms with E-state index in [1.807, 2.05) is 51.1 Å². The topological polar surface area (TPSA) is 59.3 Å². The van der Waals surface area contributed by atoms with E-state index in [4.69, 9.17) is 4.42 Å². The number of carbonyl (C=O) groups excluding carboxylic acids is 1. The fourth-order valence-corrected chi connectivity index (χ4v) is 3.26. The molecule has 1 amide bonds.